The summed E-state index contributed by atoms with van der Waals surface area (Å²) < 4.78 is 0. The molecule has 1 aromatic rings. The van der Waals surface area contributed by atoms with Crippen molar-refractivity contribution in [2.75, 3.05) is 19.8 Å². The largest absolute Gasteiger partial charge is 0.395 e. The van der Waals surface area contributed by atoms with Gasteiger partial charge in [0.15, 0.2) is 0 Å². The molecule has 1 aromatic carbocycles. The molecule has 0 radical (unpaired) electrons. The summed E-state index contributed by atoms with van der Waals surface area (Å²) in [5.74, 6) is 0. The van der Waals surface area contributed by atoms with Gasteiger partial charge >= 0.3 is 0 Å². The van der Waals surface area contributed by atoms with Crippen LogP contribution in [-0.2, 0) is 5.54 Å². The van der Waals surface area contributed by atoms with Crippen molar-refractivity contribution in [2.45, 2.75) is 12.5 Å². The lowest BCUT2D eigenvalue weighted by atomic mass is 9.93. The molecule has 0 fully saturated rings. The minimum atomic E-state index is -0.468. The molecule has 0 bridgehead atoms. The van der Waals surface area contributed by atoms with E-state index in [0.717, 1.165) is 5.56 Å². The summed E-state index contributed by atoms with van der Waals surface area (Å²) in [7, 11) is 0. The maximum atomic E-state index is 9.32. The Kier molecular flexibility index (Phi) is 4.07. The summed E-state index contributed by atoms with van der Waals surface area (Å²) in [6, 6.07) is 9.72. The van der Waals surface area contributed by atoms with Crippen molar-refractivity contribution in [3.63, 3.8) is 0 Å². The van der Waals surface area contributed by atoms with Crippen molar-refractivity contribution >= 4 is 0 Å². The molecule has 78 valence electrons. The number of benzene rings is 1. The topological polar surface area (TPSA) is 52.5 Å². The first-order valence-electron chi connectivity index (χ1n) is 4.75. The Balaban J connectivity index is 2.79. The summed E-state index contributed by atoms with van der Waals surface area (Å²) in [6.45, 7) is 2.48. The van der Waals surface area contributed by atoms with E-state index in [-0.39, 0.29) is 13.2 Å². The molecule has 0 aliphatic heterocycles. The normalized spacial score (nSPS) is 15.1. The lowest BCUT2D eigenvalue weighted by molar-refractivity contribution is 0.164. The van der Waals surface area contributed by atoms with E-state index in [9.17, 15) is 5.11 Å². The molecule has 1 atom stereocenters. The highest BCUT2D eigenvalue weighted by Gasteiger charge is 2.23. The molecule has 1 unspecified atom stereocenters. The molecule has 0 spiro atoms. The summed E-state index contributed by atoms with van der Waals surface area (Å²) in [5, 5.41) is 21.2. The van der Waals surface area contributed by atoms with E-state index in [1.807, 2.05) is 37.3 Å². The van der Waals surface area contributed by atoms with Crippen LogP contribution in [0.2, 0.25) is 0 Å². The fourth-order valence-electron chi connectivity index (χ4n) is 1.39. The second-order valence-electron chi connectivity index (χ2n) is 3.51. The van der Waals surface area contributed by atoms with Crippen molar-refractivity contribution in [2.24, 2.45) is 0 Å². The number of rotatable bonds is 5. The van der Waals surface area contributed by atoms with Gasteiger partial charge in [-0.2, -0.15) is 0 Å². The van der Waals surface area contributed by atoms with E-state index in [0.29, 0.717) is 6.54 Å². The van der Waals surface area contributed by atoms with Crippen LogP contribution >= 0.6 is 0 Å². The first-order chi connectivity index (χ1) is 6.73. The van der Waals surface area contributed by atoms with Gasteiger partial charge in [0.25, 0.3) is 0 Å². The highest BCUT2D eigenvalue weighted by atomic mass is 16.3. The zero-order chi connectivity index (χ0) is 10.4. The summed E-state index contributed by atoms with van der Waals surface area (Å²) in [5.41, 5.74) is 0.556. The number of hydrogen-bond acceptors (Lipinski definition) is 3. The molecule has 3 nitrogen and oxygen atoms in total. The van der Waals surface area contributed by atoms with Crippen molar-refractivity contribution in [1.82, 2.24) is 5.32 Å². The highest BCUT2D eigenvalue weighted by molar-refractivity contribution is 5.23. The molecule has 14 heavy (non-hydrogen) atoms. The second-order valence-corrected chi connectivity index (χ2v) is 3.51. The van der Waals surface area contributed by atoms with Gasteiger partial charge in [-0.1, -0.05) is 30.3 Å². The first-order valence-corrected chi connectivity index (χ1v) is 4.75. The van der Waals surface area contributed by atoms with Crippen LogP contribution in [0.25, 0.3) is 0 Å². The molecule has 3 heteroatoms. The van der Waals surface area contributed by atoms with Gasteiger partial charge in [-0.05, 0) is 12.5 Å². The standard InChI is InChI=1S/C11H17NO2/c1-11(9-14,12-7-8-13)10-5-3-2-4-6-10/h2-6,12-14H,7-9H2,1H3. The van der Waals surface area contributed by atoms with Crippen molar-refractivity contribution in [1.29, 1.82) is 0 Å². The van der Waals surface area contributed by atoms with E-state index >= 15 is 0 Å². The maximum absolute atomic E-state index is 9.32. The quantitative estimate of drug-likeness (QED) is 0.640. The minimum absolute atomic E-state index is 0.0109. The van der Waals surface area contributed by atoms with E-state index in [1.165, 1.54) is 0 Å². The van der Waals surface area contributed by atoms with Crippen LogP contribution in [0.3, 0.4) is 0 Å². The number of nitrogens with one attached hydrogen (secondary N) is 1. The maximum Gasteiger partial charge on any atom is 0.0652 e. The number of aliphatic hydroxyl groups is 2. The Morgan fingerprint density at radius 1 is 1.21 bits per heavy atom. The van der Waals surface area contributed by atoms with Gasteiger partial charge in [0.1, 0.15) is 0 Å². The molecule has 0 saturated carbocycles. The van der Waals surface area contributed by atoms with Gasteiger partial charge in [-0.3, -0.25) is 0 Å². The van der Waals surface area contributed by atoms with Crippen LogP contribution < -0.4 is 5.32 Å². The third-order valence-corrected chi connectivity index (χ3v) is 2.35. The van der Waals surface area contributed by atoms with Crippen molar-refractivity contribution in [3.05, 3.63) is 35.9 Å². The number of aliphatic hydroxyl groups excluding tert-OH is 2. The lowest BCUT2D eigenvalue weighted by Gasteiger charge is -2.29. The van der Waals surface area contributed by atoms with Gasteiger partial charge < -0.3 is 15.5 Å². The van der Waals surface area contributed by atoms with Crippen LogP contribution in [0.1, 0.15) is 12.5 Å². The highest BCUT2D eigenvalue weighted by Crippen LogP contribution is 2.19. The molecule has 0 heterocycles. The first kappa shape index (κ1) is 11.2. The fraction of sp³-hybridized carbons (Fsp3) is 0.455. The van der Waals surface area contributed by atoms with E-state index < -0.39 is 5.54 Å². The van der Waals surface area contributed by atoms with Crippen LogP contribution in [-0.4, -0.2) is 30.0 Å². The van der Waals surface area contributed by atoms with E-state index in [1.54, 1.807) is 0 Å². The van der Waals surface area contributed by atoms with Crippen LogP contribution in [0.5, 0.6) is 0 Å². The predicted octanol–water partition coefficient (Wildman–Crippen LogP) is 0.476. The molecule has 3 N–H and O–H groups in total. The van der Waals surface area contributed by atoms with Gasteiger partial charge in [0.05, 0.1) is 18.8 Å². The Bertz CT molecular complexity index is 263. The van der Waals surface area contributed by atoms with E-state index in [2.05, 4.69) is 5.32 Å². The summed E-state index contributed by atoms with van der Waals surface area (Å²) in [6.07, 6.45) is 0. The summed E-state index contributed by atoms with van der Waals surface area (Å²) in [4.78, 5) is 0. The average molecular weight is 195 g/mol. The minimum Gasteiger partial charge on any atom is -0.395 e. The molecule has 0 amide bonds. The van der Waals surface area contributed by atoms with E-state index in [4.69, 9.17) is 5.11 Å². The Hall–Kier alpha value is -0.900. The Labute approximate surface area is 84.4 Å². The zero-order valence-corrected chi connectivity index (χ0v) is 8.40. The van der Waals surface area contributed by atoms with Gasteiger partial charge in [0, 0.05) is 6.54 Å². The zero-order valence-electron chi connectivity index (χ0n) is 8.40. The summed E-state index contributed by atoms with van der Waals surface area (Å²) >= 11 is 0. The van der Waals surface area contributed by atoms with Crippen molar-refractivity contribution in [3.8, 4) is 0 Å². The van der Waals surface area contributed by atoms with Gasteiger partial charge in [-0.15, -0.1) is 0 Å². The molecule has 0 aliphatic carbocycles. The second kappa shape index (κ2) is 5.10. The van der Waals surface area contributed by atoms with Crippen LogP contribution in [0.4, 0.5) is 0 Å². The SMILES string of the molecule is CC(CO)(NCCO)c1ccccc1. The molecule has 1 rings (SSSR count). The van der Waals surface area contributed by atoms with Crippen LogP contribution in [0, 0.1) is 0 Å². The lowest BCUT2D eigenvalue weighted by Crippen LogP contribution is -2.44. The third kappa shape index (κ3) is 2.54. The monoisotopic (exact) mass is 195 g/mol. The Morgan fingerprint density at radius 2 is 1.86 bits per heavy atom. The fourth-order valence-corrected chi connectivity index (χ4v) is 1.39. The van der Waals surface area contributed by atoms with Gasteiger partial charge in [-0.25, -0.2) is 0 Å². The third-order valence-electron chi connectivity index (χ3n) is 2.35. The predicted molar refractivity (Wildman–Crippen MR) is 56.0 cm³/mol. The van der Waals surface area contributed by atoms with Crippen molar-refractivity contribution < 1.29 is 10.2 Å². The van der Waals surface area contributed by atoms with Gasteiger partial charge in [0.2, 0.25) is 0 Å². The average Bonchev–Trinajstić information content (AvgIpc) is 2.27. The smallest absolute Gasteiger partial charge is 0.0652 e. The molecular formula is C11H17NO2. The molecule has 0 aliphatic rings. The molecule has 0 aromatic heterocycles. The van der Waals surface area contributed by atoms with Crippen LogP contribution in [0.15, 0.2) is 30.3 Å². The molecular weight excluding hydrogens is 178 g/mol. The Morgan fingerprint density at radius 3 is 2.36 bits per heavy atom. The molecule has 0 saturated heterocycles. The number of hydrogen-bond donors (Lipinski definition) is 3.